The third-order valence-corrected chi connectivity index (χ3v) is 4.66. The summed E-state index contributed by atoms with van der Waals surface area (Å²) in [5.74, 6) is 0.0958. The molecule has 2 aromatic heterocycles. The number of para-hydroxylation sites is 2. The van der Waals surface area contributed by atoms with Crippen LogP contribution < -0.4 is 9.84 Å². The Morgan fingerprint density at radius 2 is 1.90 bits per heavy atom. The Morgan fingerprint density at radius 1 is 1.24 bits per heavy atom. The van der Waals surface area contributed by atoms with Crippen LogP contribution in [-0.2, 0) is 16.6 Å². The lowest BCUT2D eigenvalue weighted by Gasteiger charge is -2.13. The van der Waals surface area contributed by atoms with Crippen LogP contribution in [-0.4, -0.2) is 44.0 Å². The van der Waals surface area contributed by atoms with Crippen molar-refractivity contribution in [3.05, 3.63) is 47.8 Å². The van der Waals surface area contributed by atoms with E-state index in [0.717, 1.165) is 5.52 Å². The van der Waals surface area contributed by atoms with Crippen LogP contribution in [0.3, 0.4) is 0 Å². The average Bonchev–Trinajstić information content (AvgIpc) is 3.07. The number of benzene rings is 1. The van der Waals surface area contributed by atoms with E-state index < -0.39 is 23.6 Å². The second-order valence-corrected chi connectivity index (χ2v) is 6.99. The van der Waals surface area contributed by atoms with Crippen LogP contribution in [0.1, 0.15) is 18.2 Å². The van der Waals surface area contributed by atoms with Crippen molar-refractivity contribution in [1.82, 2.24) is 15.0 Å². The van der Waals surface area contributed by atoms with Crippen LogP contribution in [0.15, 0.2) is 41.7 Å². The fraction of sp³-hybridized carbons (Fsp3) is 0.333. The Labute approximate surface area is 167 Å². The third kappa shape index (κ3) is 7.11. The van der Waals surface area contributed by atoms with Crippen molar-refractivity contribution < 1.29 is 32.7 Å². The van der Waals surface area contributed by atoms with Gasteiger partial charge in [-0.25, -0.2) is 4.98 Å². The highest BCUT2D eigenvalue weighted by Gasteiger charge is 2.29. The molecule has 0 spiro atoms. The summed E-state index contributed by atoms with van der Waals surface area (Å²) in [5, 5.41) is 9.23. The van der Waals surface area contributed by atoms with Crippen molar-refractivity contribution in [3.63, 3.8) is 0 Å². The van der Waals surface area contributed by atoms with Gasteiger partial charge < -0.3 is 20.3 Å². The van der Waals surface area contributed by atoms with Crippen LogP contribution in [0, 0.1) is 6.92 Å². The van der Waals surface area contributed by atoms with E-state index in [4.69, 9.17) is 9.84 Å². The second kappa shape index (κ2) is 10.9. The number of imidazole rings is 1. The maximum Gasteiger partial charge on any atom is 0.422 e. The zero-order valence-electron chi connectivity index (χ0n) is 15.7. The Kier molecular flexibility index (Phi) is 9.21. The molecule has 3 rings (SSSR count). The molecule has 0 amide bonds. The molecule has 1 unspecified atom stereocenters. The number of aromatic amines is 1. The maximum absolute atomic E-state index is 12.5. The average molecular weight is 432 g/mol. The molecule has 160 valence electrons. The van der Waals surface area contributed by atoms with E-state index >= 15 is 0 Å². The molecule has 3 N–H and O–H groups in total. The van der Waals surface area contributed by atoms with Gasteiger partial charge in [-0.05, 0) is 25.1 Å². The number of nitrogens with zero attached hydrogens (tertiary/aromatic N) is 2. The maximum atomic E-state index is 12.5. The number of aromatic nitrogens is 3. The van der Waals surface area contributed by atoms with Gasteiger partial charge in [0.2, 0.25) is 0 Å². The predicted octanol–water partition coefficient (Wildman–Crippen LogP) is 2.06. The van der Waals surface area contributed by atoms with E-state index in [2.05, 4.69) is 15.0 Å². The van der Waals surface area contributed by atoms with Gasteiger partial charge in [0.25, 0.3) is 0 Å². The summed E-state index contributed by atoms with van der Waals surface area (Å²) in [6, 6.07) is 8.62. The van der Waals surface area contributed by atoms with Crippen molar-refractivity contribution in [3.8, 4) is 5.75 Å². The first-order valence-corrected chi connectivity index (χ1v) is 9.62. The van der Waals surface area contributed by atoms with Crippen molar-refractivity contribution in [2.24, 2.45) is 0 Å². The van der Waals surface area contributed by atoms with Crippen LogP contribution in [0.25, 0.3) is 11.0 Å². The molecule has 0 aliphatic rings. The lowest BCUT2D eigenvalue weighted by Crippen LogP contribution is -2.19. The Balaban J connectivity index is 0.000000990. The monoisotopic (exact) mass is 432 g/mol. The number of ether oxygens (including phenoxy) is 1. The summed E-state index contributed by atoms with van der Waals surface area (Å²) in [4.78, 5) is 11.3. The zero-order chi connectivity index (χ0) is 20.7. The van der Waals surface area contributed by atoms with E-state index in [-0.39, 0.29) is 23.6 Å². The number of nitrogens with one attached hydrogen (secondary N) is 1. The number of hydrogen-bond donors (Lipinski definition) is 1. The summed E-state index contributed by atoms with van der Waals surface area (Å²) >= 11 is 0. The molecule has 1 aromatic carbocycles. The van der Waals surface area contributed by atoms with Gasteiger partial charge in [0.1, 0.15) is 5.75 Å². The predicted molar refractivity (Wildman–Crippen MR) is 101 cm³/mol. The highest BCUT2D eigenvalue weighted by molar-refractivity contribution is 7.84. The van der Waals surface area contributed by atoms with Gasteiger partial charge in [0.15, 0.2) is 11.8 Å². The standard InChI is InChI=1S/C16H14F3N3O2S.C2H5O.H2O/c1-10-13(20-7-6-14(10)24-9-16(17,18)19)8-25(23)15-21-11-4-2-3-5-12(11)22-15;1-2-3;/h2-7H,8-9H2,1H3,(H,21,22);2H2,1H3;1H2/q;-1;. The van der Waals surface area contributed by atoms with Crippen molar-refractivity contribution in [2.75, 3.05) is 13.2 Å². The summed E-state index contributed by atoms with van der Waals surface area (Å²) in [7, 11) is -1.51. The first-order chi connectivity index (χ1) is 13.2. The number of rotatable bonds is 5. The normalized spacial score (nSPS) is 11.9. The summed E-state index contributed by atoms with van der Waals surface area (Å²) in [5.41, 5.74) is 2.28. The lowest BCUT2D eigenvalue weighted by molar-refractivity contribution is -0.361. The molecule has 7 nitrogen and oxygen atoms in total. The molecule has 0 saturated heterocycles. The lowest BCUT2D eigenvalue weighted by atomic mass is 10.2. The fourth-order valence-corrected chi connectivity index (χ4v) is 3.35. The highest BCUT2D eigenvalue weighted by Crippen LogP contribution is 2.24. The minimum Gasteiger partial charge on any atom is -0.855 e. The molecular weight excluding hydrogens is 411 g/mol. The van der Waals surface area contributed by atoms with E-state index in [9.17, 15) is 17.4 Å². The molecule has 0 saturated carbocycles. The molecule has 2 heterocycles. The molecule has 0 aliphatic heterocycles. The molecule has 29 heavy (non-hydrogen) atoms. The van der Waals surface area contributed by atoms with Crippen LogP contribution in [0.4, 0.5) is 13.2 Å². The van der Waals surface area contributed by atoms with Crippen molar-refractivity contribution in [2.45, 2.75) is 30.9 Å². The topological polar surface area (TPSA) is 122 Å². The smallest absolute Gasteiger partial charge is 0.422 e. The highest BCUT2D eigenvalue weighted by atomic mass is 32.2. The Bertz CT molecular complexity index is 914. The van der Waals surface area contributed by atoms with E-state index in [1.807, 2.05) is 18.2 Å². The molecule has 3 aromatic rings. The van der Waals surface area contributed by atoms with Gasteiger partial charge in [-0.2, -0.15) is 13.2 Å². The summed E-state index contributed by atoms with van der Waals surface area (Å²) in [6.45, 7) is 1.77. The van der Waals surface area contributed by atoms with Crippen LogP contribution in [0.2, 0.25) is 0 Å². The molecule has 0 bridgehead atoms. The SMILES string of the molecule is CC[O-].Cc1c(OCC(F)(F)F)ccnc1CS(=O)c1nc2ccccc2[nH]1.O. The van der Waals surface area contributed by atoms with Crippen LogP contribution >= 0.6 is 0 Å². The number of hydrogen-bond acceptors (Lipinski definition) is 5. The van der Waals surface area contributed by atoms with Gasteiger partial charge >= 0.3 is 6.18 Å². The van der Waals surface area contributed by atoms with Gasteiger partial charge in [-0.1, -0.05) is 19.1 Å². The Hall–Kier alpha value is -2.50. The number of fused-ring (bicyclic) bond motifs is 1. The minimum atomic E-state index is -4.42. The molecule has 1 atom stereocenters. The first-order valence-electron chi connectivity index (χ1n) is 8.30. The van der Waals surface area contributed by atoms with Gasteiger partial charge in [-0.15, -0.1) is 6.61 Å². The van der Waals surface area contributed by atoms with Gasteiger partial charge in [-0.3, -0.25) is 9.19 Å². The van der Waals surface area contributed by atoms with Crippen LogP contribution in [0.5, 0.6) is 5.75 Å². The van der Waals surface area contributed by atoms with Crippen molar-refractivity contribution >= 4 is 21.8 Å². The summed E-state index contributed by atoms with van der Waals surface area (Å²) < 4.78 is 54.2. The zero-order valence-corrected chi connectivity index (χ0v) is 16.6. The van der Waals surface area contributed by atoms with E-state index in [1.54, 1.807) is 19.9 Å². The molecule has 0 aliphatic carbocycles. The fourth-order valence-electron chi connectivity index (χ4n) is 2.25. The minimum absolute atomic E-state index is 0. The molecular formula is C18H21F3N3O4S-. The Morgan fingerprint density at radius 3 is 2.52 bits per heavy atom. The van der Waals surface area contributed by atoms with E-state index in [0.29, 0.717) is 21.9 Å². The number of pyridine rings is 1. The van der Waals surface area contributed by atoms with E-state index in [1.165, 1.54) is 12.3 Å². The quantitative estimate of drug-likeness (QED) is 0.661. The van der Waals surface area contributed by atoms with Crippen molar-refractivity contribution in [1.29, 1.82) is 0 Å². The largest absolute Gasteiger partial charge is 0.855 e. The van der Waals surface area contributed by atoms with Gasteiger partial charge in [0, 0.05) is 11.8 Å². The summed E-state index contributed by atoms with van der Waals surface area (Å²) in [6.07, 6.45) is -3.09. The second-order valence-electron chi connectivity index (χ2n) is 5.62. The molecule has 11 heteroatoms. The number of H-pyrrole nitrogens is 1. The molecule has 0 radical (unpaired) electrons. The van der Waals surface area contributed by atoms with Gasteiger partial charge in [0.05, 0.1) is 33.3 Å². The number of halogens is 3. The number of alkyl halides is 3. The third-order valence-electron chi connectivity index (χ3n) is 3.50. The first kappa shape index (κ1) is 24.5. The molecule has 0 fully saturated rings.